The summed E-state index contributed by atoms with van der Waals surface area (Å²) in [6.45, 7) is 0. The second kappa shape index (κ2) is 16.7. The molecule has 0 bridgehead atoms. The summed E-state index contributed by atoms with van der Waals surface area (Å²) in [6, 6.07) is 21.0. The Bertz CT molecular complexity index is 2510. The molecule has 4 heterocycles. The molecule has 5 aromatic carbocycles. The van der Waals surface area contributed by atoms with Gasteiger partial charge in [-0.3, -0.25) is 38.4 Å². The van der Waals surface area contributed by atoms with Crippen molar-refractivity contribution in [2.75, 3.05) is 0 Å². The topological polar surface area (TPSA) is 150 Å². The van der Waals surface area contributed by atoms with Gasteiger partial charge in [0.25, 0.3) is 0 Å². The van der Waals surface area contributed by atoms with E-state index in [1.165, 1.54) is 97.1 Å². The quantitative estimate of drug-likeness (QED) is 0.0781. The third-order valence-electron chi connectivity index (χ3n) is 11.8. The van der Waals surface area contributed by atoms with Gasteiger partial charge in [0.15, 0.2) is 0 Å². The maximum atomic E-state index is 15.2. The highest BCUT2D eigenvalue weighted by atomic mass is 31.1. The van der Waals surface area contributed by atoms with E-state index in [1.54, 1.807) is 24.3 Å². The van der Waals surface area contributed by atoms with Gasteiger partial charge in [0.1, 0.15) is 23.1 Å². The standard InChI is InChI=1S/C46H32F4N4O8P2/c47-39(59)25-11-1-5-15-29(25)43-51-35(55)21-22-36(56)52(51)44(30-16-6-2-12-26(30)40(48)60)63(43)33-19-9-10-20-34(33)64-45(31-17-7-3-13-27(31)41(49)61)53-37(57)23-24-38(58)54(53)46(64)32-18-8-4-14-28(32)42(50)62/h1-20,43-46H,21-24H2/t43-,44-,45-,46-/m1/s1. The fraction of sp³-hybridized carbons (Fsp3) is 0.174. The van der Waals surface area contributed by atoms with E-state index in [2.05, 4.69) is 0 Å². The molecule has 64 heavy (non-hydrogen) atoms. The lowest BCUT2D eigenvalue weighted by Gasteiger charge is -2.37. The number of amides is 4. The van der Waals surface area contributed by atoms with Gasteiger partial charge in [-0.05, 0) is 73.0 Å². The van der Waals surface area contributed by atoms with E-state index < -0.39 is 109 Å². The molecule has 12 nitrogen and oxygen atoms in total. The maximum Gasteiger partial charge on any atom is 0.332 e. The van der Waals surface area contributed by atoms with Gasteiger partial charge in [-0.15, -0.1) is 0 Å². The largest absolute Gasteiger partial charge is 0.332 e. The van der Waals surface area contributed by atoms with Crippen molar-refractivity contribution in [3.05, 3.63) is 166 Å². The van der Waals surface area contributed by atoms with Gasteiger partial charge >= 0.3 is 24.1 Å². The average Bonchev–Trinajstić information content (AvgIpc) is 3.85. The molecular formula is C46H32F4N4O8P2. The smallest absolute Gasteiger partial charge is 0.273 e. The Labute approximate surface area is 363 Å². The number of carbonyl (C=O) groups excluding carboxylic acids is 8. The minimum absolute atomic E-state index is 0.0314. The van der Waals surface area contributed by atoms with Crippen molar-refractivity contribution >= 4 is 74.2 Å². The molecule has 4 aliphatic rings. The number of hydrogen-bond donors (Lipinski definition) is 0. The molecule has 0 spiro atoms. The molecule has 4 fully saturated rings. The monoisotopic (exact) mass is 906 g/mol. The van der Waals surface area contributed by atoms with Crippen LogP contribution in [0.5, 0.6) is 0 Å². The number of nitrogens with zero attached hydrogens (tertiary/aromatic N) is 4. The molecule has 0 saturated carbocycles. The van der Waals surface area contributed by atoms with Crippen LogP contribution in [0, 0.1) is 0 Å². The van der Waals surface area contributed by atoms with Gasteiger partial charge in [0, 0.05) is 25.7 Å². The molecule has 4 aliphatic heterocycles. The Morgan fingerprint density at radius 2 is 0.562 bits per heavy atom. The van der Waals surface area contributed by atoms with E-state index >= 15 is 17.6 Å². The van der Waals surface area contributed by atoms with Crippen LogP contribution in [0.3, 0.4) is 0 Å². The van der Waals surface area contributed by atoms with Crippen LogP contribution in [0.25, 0.3) is 0 Å². The first-order valence-electron chi connectivity index (χ1n) is 19.9. The molecule has 0 aliphatic carbocycles. The zero-order valence-corrected chi connectivity index (χ0v) is 34.9. The predicted octanol–water partition coefficient (Wildman–Crippen LogP) is 7.89. The van der Waals surface area contributed by atoms with E-state index in [0.717, 1.165) is 20.0 Å². The van der Waals surface area contributed by atoms with Crippen molar-refractivity contribution in [2.24, 2.45) is 0 Å². The van der Waals surface area contributed by atoms with Crippen LogP contribution in [0.15, 0.2) is 121 Å². The second-order valence-electron chi connectivity index (χ2n) is 15.2. The van der Waals surface area contributed by atoms with Crippen molar-refractivity contribution in [1.29, 1.82) is 0 Å². The molecular weight excluding hydrogens is 874 g/mol. The molecule has 5 aromatic rings. The number of halogens is 4. The van der Waals surface area contributed by atoms with Crippen LogP contribution in [-0.2, 0) is 19.2 Å². The van der Waals surface area contributed by atoms with E-state index in [4.69, 9.17) is 0 Å². The zero-order chi connectivity index (χ0) is 45.1. The molecule has 322 valence electrons. The SMILES string of the molecule is O=C(F)c1ccccc1[C@@H]1N2C(=O)CCC(=O)N2[C@@H](c2ccccc2C(=O)F)P1c1ccccc1P1[C@H](c2ccccc2C(=O)F)N2C(=O)CCC(=O)N2[C@H]1c1ccccc1C(=O)F. The lowest BCUT2D eigenvalue weighted by atomic mass is 10.1. The van der Waals surface area contributed by atoms with Gasteiger partial charge in [-0.25, -0.2) is 20.0 Å². The molecule has 4 atom stereocenters. The summed E-state index contributed by atoms with van der Waals surface area (Å²) < 4.78 is 60.9. The molecule has 0 radical (unpaired) electrons. The molecule has 0 N–H and O–H groups in total. The normalized spacial score (nSPS) is 21.3. The van der Waals surface area contributed by atoms with E-state index in [9.17, 15) is 38.4 Å². The van der Waals surface area contributed by atoms with Crippen LogP contribution in [0.2, 0.25) is 0 Å². The number of hydrogen-bond acceptors (Lipinski definition) is 8. The van der Waals surface area contributed by atoms with Crippen molar-refractivity contribution in [2.45, 2.75) is 48.8 Å². The van der Waals surface area contributed by atoms with Crippen LogP contribution in [0.4, 0.5) is 17.6 Å². The third kappa shape index (κ3) is 6.83. The molecule has 4 amide bonds. The molecule has 0 aromatic heterocycles. The fourth-order valence-electron chi connectivity index (χ4n) is 9.28. The highest BCUT2D eigenvalue weighted by molar-refractivity contribution is 7.73. The summed E-state index contributed by atoms with van der Waals surface area (Å²) in [5.41, 5.74) is -1.94. The fourth-order valence-corrected chi connectivity index (χ4v) is 16.8. The maximum absolute atomic E-state index is 15.2. The minimum Gasteiger partial charge on any atom is -0.273 e. The Hall–Kier alpha value is -6.76. The third-order valence-corrected chi connectivity index (χ3v) is 18.0. The van der Waals surface area contributed by atoms with Crippen LogP contribution in [0.1, 0.15) is 113 Å². The summed E-state index contributed by atoms with van der Waals surface area (Å²) in [7, 11) is -4.80. The van der Waals surface area contributed by atoms with Gasteiger partial charge in [-0.1, -0.05) is 97.1 Å². The summed E-state index contributed by atoms with van der Waals surface area (Å²) in [6.07, 6.45) is -1.20. The van der Waals surface area contributed by atoms with Gasteiger partial charge < -0.3 is 0 Å². The zero-order valence-electron chi connectivity index (χ0n) is 33.1. The van der Waals surface area contributed by atoms with Gasteiger partial charge in [0.05, 0.1) is 22.3 Å². The number of rotatable bonds is 10. The lowest BCUT2D eigenvalue weighted by Crippen LogP contribution is -2.50. The molecule has 18 heteroatoms. The van der Waals surface area contributed by atoms with Gasteiger partial charge in [0.2, 0.25) is 23.6 Å². The van der Waals surface area contributed by atoms with Crippen LogP contribution >= 0.6 is 15.8 Å². The average molecular weight is 907 g/mol. The predicted molar refractivity (Wildman–Crippen MR) is 224 cm³/mol. The highest BCUT2D eigenvalue weighted by Crippen LogP contribution is 2.74. The molecule has 4 saturated heterocycles. The van der Waals surface area contributed by atoms with Crippen molar-refractivity contribution in [1.82, 2.24) is 20.0 Å². The van der Waals surface area contributed by atoms with Crippen molar-refractivity contribution in [3.8, 4) is 0 Å². The van der Waals surface area contributed by atoms with Crippen molar-refractivity contribution < 1.29 is 55.9 Å². The Kier molecular flexibility index (Phi) is 11.1. The minimum atomic E-state index is -2.40. The molecule has 9 rings (SSSR count). The lowest BCUT2D eigenvalue weighted by molar-refractivity contribution is -0.171. The van der Waals surface area contributed by atoms with Crippen molar-refractivity contribution in [3.63, 3.8) is 0 Å². The summed E-state index contributed by atoms with van der Waals surface area (Å²) in [5.74, 6) is -7.98. The van der Waals surface area contributed by atoms with Gasteiger partial charge in [-0.2, -0.15) is 17.6 Å². The Morgan fingerprint density at radius 3 is 0.781 bits per heavy atom. The number of hydrazine groups is 2. The van der Waals surface area contributed by atoms with E-state index in [-0.39, 0.29) is 58.5 Å². The number of benzene rings is 5. The Balaban J connectivity index is 1.41. The van der Waals surface area contributed by atoms with E-state index in [0.29, 0.717) is 0 Å². The van der Waals surface area contributed by atoms with Crippen LogP contribution < -0.4 is 10.6 Å². The summed E-state index contributed by atoms with van der Waals surface area (Å²) in [4.78, 5) is 108. The van der Waals surface area contributed by atoms with E-state index in [1.807, 2.05) is 0 Å². The molecule has 0 unspecified atom stereocenters. The number of fused-ring (bicyclic) bond motifs is 2. The van der Waals surface area contributed by atoms with Crippen LogP contribution in [-0.4, -0.2) is 67.8 Å². The first-order valence-corrected chi connectivity index (χ1v) is 22.9. The first kappa shape index (κ1) is 42.5. The number of carbonyl (C=O) groups is 8. The second-order valence-corrected chi connectivity index (χ2v) is 19.7. The first-order chi connectivity index (χ1) is 30.8. The summed E-state index contributed by atoms with van der Waals surface area (Å²) in [5, 5.41) is 5.02. The Morgan fingerprint density at radius 1 is 0.359 bits per heavy atom. The highest BCUT2D eigenvalue weighted by Gasteiger charge is 2.60. The summed E-state index contributed by atoms with van der Waals surface area (Å²) >= 11 is 0.